The van der Waals surface area contributed by atoms with Gasteiger partial charge in [-0.25, -0.2) is 0 Å². The molecule has 0 fully saturated rings. The van der Waals surface area contributed by atoms with Crippen molar-refractivity contribution in [2.75, 3.05) is 11.1 Å². The maximum Gasteiger partial charge on any atom is 0.313 e. The Morgan fingerprint density at radius 2 is 2.09 bits per heavy atom. The van der Waals surface area contributed by atoms with Crippen LogP contribution in [-0.4, -0.2) is 22.7 Å². The van der Waals surface area contributed by atoms with Crippen LogP contribution in [0.3, 0.4) is 0 Å². The van der Waals surface area contributed by atoms with Gasteiger partial charge in [-0.3, -0.25) is 9.59 Å². The van der Waals surface area contributed by atoms with Crippen molar-refractivity contribution in [3.05, 3.63) is 51.7 Å². The van der Waals surface area contributed by atoms with Crippen molar-refractivity contribution in [1.82, 2.24) is 0 Å². The van der Waals surface area contributed by atoms with E-state index in [2.05, 4.69) is 5.32 Å². The highest BCUT2D eigenvalue weighted by Crippen LogP contribution is 2.18. The van der Waals surface area contributed by atoms with Crippen LogP contribution in [-0.2, 0) is 21.8 Å². The minimum absolute atomic E-state index is 0.0443. The first-order valence-electron chi connectivity index (χ1n) is 6.76. The molecule has 0 aliphatic heterocycles. The van der Waals surface area contributed by atoms with Gasteiger partial charge in [0.15, 0.2) is 0 Å². The molecule has 22 heavy (non-hydrogen) atoms. The van der Waals surface area contributed by atoms with Gasteiger partial charge in [0.05, 0.1) is 12.2 Å². The number of thiophene rings is 1. The fourth-order valence-corrected chi connectivity index (χ4v) is 3.52. The minimum atomic E-state index is -0.819. The molecule has 6 heteroatoms. The molecule has 0 radical (unpaired) electrons. The Kier molecular flexibility index (Phi) is 6.03. The second-order valence-corrected chi connectivity index (χ2v) is 7.18. The quantitative estimate of drug-likeness (QED) is 0.812. The van der Waals surface area contributed by atoms with Crippen molar-refractivity contribution in [1.29, 1.82) is 0 Å². The molecule has 1 heterocycles. The summed E-state index contributed by atoms with van der Waals surface area (Å²) in [6.07, 6.45) is 0.372. The summed E-state index contributed by atoms with van der Waals surface area (Å²) in [6.45, 7) is 2.02. The molecule has 0 aliphatic carbocycles. The summed E-state index contributed by atoms with van der Waals surface area (Å²) in [4.78, 5) is 24.8. The highest BCUT2D eigenvalue weighted by Gasteiger charge is 2.07. The van der Waals surface area contributed by atoms with Gasteiger partial charge in [-0.05, 0) is 36.8 Å². The summed E-state index contributed by atoms with van der Waals surface area (Å²) in [7, 11) is 0. The molecular formula is C16H17NO3S2. The first-order chi connectivity index (χ1) is 10.5. The maximum atomic E-state index is 12.0. The molecule has 4 nitrogen and oxygen atoms in total. The molecule has 0 bridgehead atoms. The fourth-order valence-electron chi connectivity index (χ4n) is 1.94. The third-order valence-corrected chi connectivity index (χ3v) is 4.83. The first-order valence-corrected chi connectivity index (χ1v) is 8.73. The lowest BCUT2D eigenvalue weighted by Gasteiger charge is -2.07. The Bertz CT molecular complexity index is 667. The van der Waals surface area contributed by atoms with E-state index >= 15 is 0 Å². The average molecular weight is 335 g/mol. The minimum Gasteiger partial charge on any atom is -0.481 e. The van der Waals surface area contributed by atoms with Crippen LogP contribution in [0.4, 0.5) is 5.69 Å². The molecule has 2 aromatic rings. The van der Waals surface area contributed by atoms with Gasteiger partial charge in [0.25, 0.3) is 0 Å². The van der Waals surface area contributed by atoms with Crippen LogP contribution < -0.4 is 5.32 Å². The van der Waals surface area contributed by atoms with E-state index in [1.807, 2.05) is 43.3 Å². The van der Waals surface area contributed by atoms with Crippen molar-refractivity contribution < 1.29 is 14.7 Å². The number of anilines is 1. The fraction of sp³-hybridized carbons (Fsp3) is 0.250. The molecule has 1 amide bonds. The Balaban J connectivity index is 1.89. The predicted octanol–water partition coefficient (Wildman–Crippen LogP) is 3.56. The summed E-state index contributed by atoms with van der Waals surface area (Å²) < 4.78 is 0. The molecule has 1 aromatic heterocycles. The van der Waals surface area contributed by atoms with E-state index < -0.39 is 5.97 Å². The molecule has 1 aromatic carbocycles. The van der Waals surface area contributed by atoms with Crippen LogP contribution in [0, 0.1) is 6.92 Å². The topological polar surface area (TPSA) is 66.4 Å². The molecule has 0 saturated carbocycles. The van der Waals surface area contributed by atoms with Crippen molar-refractivity contribution >= 4 is 40.7 Å². The Hall–Kier alpha value is -1.79. The first kappa shape index (κ1) is 16.6. The summed E-state index contributed by atoms with van der Waals surface area (Å²) >= 11 is 2.96. The van der Waals surface area contributed by atoms with E-state index in [-0.39, 0.29) is 11.7 Å². The molecule has 116 valence electrons. The zero-order chi connectivity index (χ0) is 15.9. The molecule has 0 spiro atoms. The largest absolute Gasteiger partial charge is 0.481 e. The van der Waals surface area contributed by atoms with E-state index in [4.69, 9.17) is 5.11 Å². The Morgan fingerprint density at radius 3 is 2.77 bits per heavy atom. The molecule has 0 unspecified atom stereocenters. The van der Waals surface area contributed by atoms with Gasteiger partial charge in [0.2, 0.25) is 5.91 Å². The van der Waals surface area contributed by atoms with Crippen LogP contribution in [0.2, 0.25) is 0 Å². The average Bonchev–Trinajstić information content (AvgIpc) is 2.84. The van der Waals surface area contributed by atoms with Crippen molar-refractivity contribution in [2.24, 2.45) is 0 Å². The number of carboxylic acid groups (broad SMARTS) is 1. The van der Waals surface area contributed by atoms with Crippen molar-refractivity contribution in [2.45, 2.75) is 19.1 Å². The molecule has 2 rings (SSSR count). The van der Waals surface area contributed by atoms with Gasteiger partial charge in [0, 0.05) is 21.2 Å². The molecule has 0 atom stereocenters. The number of carbonyl (C=O) groups excluding carboxylic acids is 1. The highest BCUT2D eigenvalue weighted by molar-refractivity contribution is 7.99. The normalized spacial score (nSPS) is 10.4. The zero-order valence-electron chi connectivity index (χ0n) is 12.2. The second-order valence-electron chi connectivity index (χ2n) is 4.82. The van der Waals surface area contributed by atoms with Crippen LogP contribution in [0.15, 0.2) is 36.4 Å². The van der Waals surface area contributed by atoms with E-state index in [0.29, 0.717) is 12.2 Å². The van der Waals surface area contributed by atoms with Gasteiger partial charge in [-0.2, -0.15) is 0 Å². The van der Waals surface area contributed by atoms with E-state index in [1.54, 1.807) is 11.3 Å². The number of aryl methyl sites for hydroxylation is 1. The van der Waals surface area contributed by atoms with Crippen molar-refractivity contribution in [3.63, 3.8) is 0 Å². The molecule has 2 N–H and O–H groups in total. The summed E-state index contributed by atoms with van der Waals surface area (Å²) in [5.41, 5.74) is 1.74. The highest BCUT2D eigenvalue weighted by atomic mass is 32.2. The monoisotopic (exact) mass is 335 g/mol. The molecular weight excluding hydrogens is 318 g/mol. The van der Waals surface area contributed by atoms with E-state index in [9.17, 15) is 9.59 Å². The van der Waals surface area contributed by atoms with Crippen molar-refractivity contribution in [3.8, 4) is 0 Å². The van der Waals surface area contributed by atoms with E-state index in [0.717, 1.165) is 16.1 Å². The lowest BCUT2D eigenvalue weighted by molar-refractivity contribution is -0.133. The summed E-state index contributed by atoms with van der Waals surface area (Å²) in [5, 5.41) is 11.5. The van der Waals surface area contributed by atoms with Gasteiger partial charge < -0.3 is 10.4 Å². The number of hydrogen-bond donors (Lipinski definition) is 2. The number of carbonyl (C=O) groups is 2. The van der Waals surface area contributed by atoms with Gasteiger partial charge in [-0.15, -0.1) is 23.1 Å². The van der Waals surface area contributed by atoms with Gasteiger partial charge in [0.1, 0.15) is 0 Å². The number of aliphatic carboxylic acids is 1. The van der Waals surface area contributed by atoms with Gasteiger partial charge in [-0.1, -0.05) is 12.1 Å². The lowest BCUT2D eigenvalue weighted by atomic mass is 10.2. The lowest BCUT2D eigenvalue weighted by Crippen LogP contribution is -2.13. The zero-order valence-corrected chi connectivity index (χ0v) is 13.8. The Labute approximate surface area is 137 Å². The van der Waals surface area contributed by atoms with Gasteiger partial charge >= 0.3 is 5.97 Å². The van der Waals surface area contributed by atoms with Crippen LogP contribution in [0.1, 0.15) is 15.3 Å². The maximum absolute atomic E-state index is 12.0. The number of nitrogens with one attached hydrogen (secondary N) is 1. The van der Waals surface area contributed by atoms with Crippen LogP contribution in [0.5, 0.6) is 0 Å². The number of benzene rings is 1. The molecule has 0 saturated heterocycles. The molecule has 0 aliphatic rings. The van der Waals surface area contributed by atoms with E-state index in [1.165, 1.54) is 16.6 Å². The number of rotatable bonds is 7. The smallest absolute Gasteiger partial charge is 0.313 e. The Morgan fingerprint density at radius 1 is 1.27 bits per heavy atom. The summed E-state index contributed by atoms with van der Waals surface area (Å²) in [6, 6.07) is 11.5. The standard InChI is InChI=1S/C16H17NO3S2/c1-11-5-6-14(22-11)8-15(18)17-13-4-2-3-12(7-13)9-21-10-16(19)20/h2-7H,8-10H2,1H3,(H,17,18)(H,19,20). The number of carboxylic acids is 1. The SMILES string of the molecule is Cc1ccc(CC(=O)Nc2cccc(CSCC(=O)O)c2)s1. The van der Waals surface area contributed by atoms with Crippen LogP contribution >= 0.6 is 23.1 Å². The third kappa shape index (κ3) is 5.54. The number of hydrogen-bond acceptors (Lipinski definition) is 4. The second kappa shape index (κ2) is 8.00. The third-order valence-electron chi connectivity index (χ3n) is 2.84. The number of thioether (sulfide) groups is 1. The number of amides is 1. The predicted molar refractivity (Wildman–Crippen MR) is 91.6 cm³/mol. The summed E-state index contributed by atoms with van der Waals surface area (Å²) in [5.74, 6) is -0.174. The van der Waals surface area contributed by atoms with Crippen LogP contribution in [0.25, 0.3) is 0 Å².